The fourth-order valence-electron chi connectivity index (χ4n) is 2.14. The van der Waals surface area contributed by atoms with Gasteiger partial charge in [-0.15, -0.1) is 0 Å². The SMILES string of the molecule is CCC(CC)Cn1c(N)nc2cc(F)c(Br)cc21. The molecule has 1 aromatic heterocycles. The lowest BCUT2D eigenvalue weighted by molar-refractivity contribution is 0.427. The highest BCUT2D eigenvalue weighted by molar-refractivity contribution is 9.10. The van der Waals surface area contributed by atoms with Gasteiger partial charge in [-0.05, 0) is 27.9 Å². The van der Waals surface area contributed by atoms with Crippen LogP contribution in [0.2, 0.25) is 0 Å². The van der Waals surface area contributed by atoms with E-state index in [9.17, 15) is 4.39 Å². The summed E-state index contributed by atoms with van der Waals surface area (Å²) in [5.74, 6) is 0.706. The van der Waals surface area contributed by atoms with Gasteiger partial charge in [0.2, 0.25) is 5.95 Å². The van der Waals surface area contributed by atoms with Gasteiger partial charge in [-0.3, -0.25) is 0 Å². The van der Waals surface area contributed by atoms with Crippen LogP contribution in [0.25, 0.3) is 11.0 Å². The van der Waals surface area contributed by atoms with Crippen LogP contribution in [0.3, 0.4) is 0 Å². The van der Waals surface area contributed by atoms with Crippen molar-refractivity contribution in [1.82, 2.24) is 9.55 Å². The summed E-state index contributed by atoms with van der Waals surface area (Å²) in [6.07, 6.45) is 2.19. The zero-order valence-corrected chi connectivity index (χ0v) is 12.2. The van der Waals surface area contributed by atoms with E-state index in [0.717, 1.165) is 24.9 Å². The topological polar surface area (TPSA) is 43.8 Å². The maximum Gasteiger partial charge on any atom is 0.201 e. The zero-order valence-electron chi connectivity index (χ0n) is 10.6. The van der Waals surface area contributed by atoms with Crippen LogP contribution in [-0.2, 0) is 6.54 Å². The summed E-state index contributed by atoms with van der Waals surface area (Å²) >= 11 is 3.20. The molecule has 0 spiro atoms. The highest BCUT2D eigenvalue weighted by Crippen LogP contribution is 2.26. The minimum Gasteiger partial charge on any atom is -0.369 e. The summed E-state index contributed by atoms with van der Waals surface area (Å²) in [5.41, 5.74) is 7.42. The van der Waals surface area contributed by atoms with Crippen molar-refractivity contribution >= 4 is 32.9 Å². The molecule has 0 aliphatic rings. The van der Waals surface area contributed by atoms with E-state index in [1.165, 1.54) is 6.07 Å². The molecule has 0 amide bonds. The molecule has 0 atom stereocenters. The Labute approximate surface area is 114 Å². The molecule has 2 aromatic rings. The number of imidazole rings is 1. The van der Waals surface area contributed by atoms with Crippen LogP contribution >= 0.6 is 15.9 Å². The van der Waals surface area contributed by atoms with Crippen LogP contribution in [-0.4, -0.2) is 9.55 Å². The first-order valence-corrected chi connectivity index (χ1v) is 6.96. The Bertz CT molecular complexity index is 561. The molecule has 0 radical (unpaired) electrons. The fourth-order valence-corrected chi connectivity index (χ4v) is 2.47. The van der Waals surface area contributed by atoms with Crippen LogP contribution in [0.4, 0.5) is 10.3 Å². The quantitative estimate of drug-likeness (QED) is 0.928. The molecule has 2 N–H and O–H groups in total. The Balaban J connectivity index is 2.49. The first kappa shape index (κ1) is 13.3. The Hall–Kier alpha value is -1.10. The van der Waals surface area contributed by atoms with Crippen molar-refractivity contribution in [3.63, 3.8) is 0 Å². The van der Waals surface area contributed by atoms with Crippen molar-refractivity contribution in [3.05, 3.63) is 22.4 Å². The van der Waals surface area contributed by atoms with Crippen molar-refractivity contribution in [3.8, 4) is 0 Å². The molecular weight excluding hydrogens is 297 g/mol. The van der Waals surface area contributed by atoms with Gasteiger partial charge < -0.3 is 10.3 Å². The van der Waals surface area contributed by atoms with Crippen molar-refractivity contribution in [1.29, 1.82) is 0 Å². The number of nitrogens with zero attached hydrogens (tertiary/aromatic N) is 2. The monoisotopic (exact) mass is 313 g/mol. The van der Waals surface area contributed by atoms with Gasteiger partial charge in [-0.25, -0.2) is 9.37 Å². The number of nitrogen functional groups attached to an aromatic ring is 1. The predicted molar refractivity (Wildman–Crippen MR) is 75.9 cm³/mol. The van der Waals surface area contributed by atoms with Crippen molar-refractivity contribution in [2.75, 3.05) is 5.73 Å². The van der Waals surface area contributed by atoms with E-state index in [1.54, 1.807) is 6.07 Å². The van der Waals surface area contributed by atoms with Gasteiger partial charge in [0.1, 0.15) is 5.82 Å². The Morgan fingerprint density at radius 1 is 1.39 bits per heavy atom. The molecule has 3 nitrogen and oxygen atoms in total. The smallest absolute Gasteiger partial charge is 0.201 e. The number of anilines is 1. The number of benzene rings is 1. The Morgan fingerprint density at radius 2 is 2.06 bits per heavy atom. The van der Waals surface area contributed by atoms with Crippen molar-refractivity contribution in [2.45, 2.75) is 33.2 Å². The third-order valence-electron chi connectivity index (χ3n) is 3.42. The van der Waals surface area contributed by atoms with Crippen LogP contribution in [0.5, 0.6) is 0 Å². The average molecular weight is 314 g/mol. The molecule has 0 aliphatic heterocycles. The van der Waals surface area contributed by atoms with E-state index < -0.39 is 0 Å². The van der Waals surface area contributed by atoms with E-state index in [0.29, 0.717) is 21.9 Å². The largest absolute Gasteiger partial charge is 0.369 e. The third-order valence-corrected chi connectivity index (χ3v) is 4.02. The maximum atomic E-state index is 13.4. The number of nitrogens with two attached hydrogens (primary N) is 1. The summed E-state index contributed by atoms with van der Waals surface area (Å²) < 4.78 is 15.9. The first-order chi connectivity index (χ1) is 8.56. The molecule has 18 heavy (non-hydrogen) atoms. The number of fused-ring (bicyclic) bond motifs is 1. The number of hydrogen-bond acceptors (Lipinski definition) is 2. The Kier molecular flexibility index (Phi) is 3.90. The second kappa shape index (κ2) is 5.26. The van der Waals surface area contributed by atoms with Crippen LogP contribution in [0.1, 0.15) is 26.7 Å². The minimum absolute atomic E-state index is 0.310. The molecule has 0 fully saturated rings. The van der Waals surface area contributed by atoms with Gasteiger partial charge in [0.05, 0.1) is 15.5 Å². The summed E-state index contributed by atoms with van der Waals surface area (Å²) in [5, 5.41) is 0. The predicted octanol–water partition coefficient (Wildman–Crippen LogP) is 3.96. The number of aromatic nitrogens is 2. The van der Waals surface area contributed by atoms with Crippen LogP contribution in [0, 0.1) is 11.7 Å². The maximum absolute atomic E-state index is 13.4. The minimum atomic E-state index is -0.310. The average Bonchev–Trinajstić information content (AvgIpc) is 2.63. The lowest BCUT2D eigenvalue weighted by atomic mass is 10.0. The molecule has 0 saturated carbocycles. The van der Waals surface area contributed by atoms with E-state index in [4.69, 9.17) is 5.73 Å². The van der Waals surface area contributed by atoms with E-state index in [-0.39, 0.29) is 5.82 Å². The molecule has 0 bridgehead atoms. The van der Waals surface area contributed by atoms with Gasteiger partial charge in [-0.2, -0.15) is 0 Å². The fraction of sp³-hybridized carbons (Fsp3) is 0.462. The van der Waals surface area contributed by atoms with Crippen LogP contribution in [0.15, 0.2) is 16.6 Å². The summed E-state index contributed by atoms with van der Waals surface area (Å²) in [6, 6.07) is 3.16. The summed E-state index contributed by atoms with van der Waals surface area (Å²) in [7, 11) is 0. The molecule has 2 rings (SSSR count). The standard InChI is InChI=1S/C13H17BrFN3/c1-3-8(4-2)7-18-12-5-9(14)10(15)6-11(12)17-13(18)16/h5-6,8H,3-4,7H2,1-2H3,(H2,16,17). The second-order valence-corrected chi connectivity index (χ2v) is 5.37. The van der Waals surface area contributed by atoms with Gasteiger partial charge in [0.15, 0.2) is 0 Å². The third kappa shape index (κ3) is 2.36. The molecule has 1 heterocycles. The highest BCUT2D eigenvalue weighted by atomic mass is 79.9. The number of rotatable bonds is 4. The molecule has 0 aliphatic carbocycles. The molecule has 5 heteroatoms. The van der Waals surface area contributed by atoms with Crippen molar-refractivity contribution < 1.29 is 4.39 Å². The molecular formula is C13H17BrFN3. The summed E-state index contributed by atoms with van der Waals surface area (Å²) in [4.78, 5) is 4.22. The van der Waals surface area contributed by atoms with E-state index in [1.807, 2.05) is 4.57 Å². The van der Waals surface area contributed by atoms with Crippen LogP contribution < -0.4 is 5.73 Å². The van der Waals surface area contributed by atoms with Gasteiger partial charge in [-0.1, -0.05) is 26.7 Å². The first-order valence-electron chi connectivity index (χ1n) is 6.17. The molecule has 98 valence electrons. The van der Waals surface area contributed by atoms with Gasteiger partial charge >= 0.3 is 0 Å². The van der Waals surface area contributed by atoms with E-state index in [2.05, 4.69) is 34.8 Å². The van der Waals surface area contributed by atoms with Gasteiger partial charge in [0.25, 0.3) is 0 Å². The number of halogens is 2. The normalized spacial score (nSPS) is 11.6. The second-order valence-electron chi connectivity index (χ2n) is 4.52. The lowest BCUT2D eigenvalue weighted by Crippen LogP contribution is -2.11. The number of hydrogen-bond donors (Lipinski definition) is 1. The zero-order chi connectivity index (χ0) is 13.3. The Morgan fingerprint density at radius 3 is 2.67 bits per heavy atom. The lowest BCUT2D eigenvalue weighted by Gasteiger charge is -2.14. The molecule has 1 aromatic carbocycles. The van der Waals surface area contributed by atoms with E-state index >= 15 is 0 Å². The highest BCUT2D eigenvalue weighted by Gasteiger charge is 2.14. The van der Waals surface area contributed by atoms with Gasteiger partial charge in [0, 0.05) is 12.6 Å². The summed E-state index contributed by atoms with van der Waals surface area (Å²) in [6.45, 7) is 5.16. The molecule has 0 unspecified atom stereocenters. The van der Waals surface area contributed by atoms with Crippen molar-refractivity contribution in [2.24, 2.45) is 5.92 Å². The molecule has 0 saturated heterocycles.